The van der Waals surface area contributed by atoms with Crippen molar-refractivity contribution in [3.63, 3.8) is 0 Å². The van der Waals surface area contributed by atoms with Crippen LogP contribution in [0, 0.1) is 11.3 Å². The van der Waals surface area contributed by atoms with Gasteiger partial charge in [-0.25, -0.2) is 9.97 Å². The quantitative estimate of drug-likeness (QED) is 0.191. The number of para-hydroxylation sites is 2. The summed E-state index contributed by atoms with van der Waals surface area (Å²) in [6, 6.07) is 58.0. The zero-order valence-electron chi connectivity index (χ0n) is 26.3. The summed E-state index contributed by atoms with van der Waals surface area (Å²) in [6.07, 6.45) is 0. The van der Waals surface area contributed by atoms with E-state index in [0.29, 0.717) is 17.1 Å². The molecular weight excluding hydrogens is 599 g/mol. The molecule has 0 aliphatic heterocycles. The lowest BCUT2D eigenvalue weighted by atomic mass is 9.91. The van der Waals surface area contributed by atoms with Crippen LogP contribution in [-0.2, 0) is 0 Å². The number of hydrogen-bond acceptors (Lipinski definition) is 4. The zero-order chi connectivity index (χ0) is 32.7. The van der Waals surface area contributed by atoms with Crippen molar-refractivity contribution < 1.29 is 4.42 Å². The van der Waals surface area contributed by atoms with Gasteiger partial charge in [-0.2, -0.15) is 5.26 Å². The van der Waals surface area contributed by atoms with Crippen LogP contribution in [-0.4, -0.2) is 9.97 Å². The standard InChI is InChI=1S/C45H27N3O/c46-28-31-15-5-7-18-37(31)42-27-41(47-45(48-42)30-13-2-1-3-14-30)34-25-32(36-20-10-16-29-12-4-6-17-35(29)36)24-33(26-34)38-21-11-22-40-39-19-8-9-23-43(39)49-44(38)40/h1-27H. The highest BCUT2D eigenvalue weighted by molar-refractivity contribution is 6.10. The first-order valence-electron chi connectivity index (χ1n) is 16.2. The van der Waals surface area contributed by atoms with Crippen molar-refractivity contribution >= 4 is 32.7 Å². The Balaban J connectivity index is 1.34. The number of benzene rings is 7. The highest BCUT2D eigenvalue weighted by atomic mass is 16.3. The maximum atomic E-state index is 10.0. The Labute approximate surface area is 283 Å². The molecule has 2 aromatic heterocycles. The molecule has 0 spiro atoms. The highest BCUT2D eigenvalue weighted by Crippen LogP contribution is 2.41. The van der Waals surface area contributed by atoms with Crippen LogP contribution in [0.15, 0.2) is 168 Å². The lowest BCUT2D eigenvalue weighted by Gasteiger charge is -2.14. The van der Waals surface area contributed by atoms with Crippen molar-refractivity contribution in [1.29, 1.82) is 5.26 Å². The first-order chi connectivity index (χ1) is 24.2. The predicted octanol–water partition coefficient (Wildman–Crippen LogP) is 11.7. The molecule has 0 aliphatic carbocycles. The van der Waals surface area contributed by atoms with E-state index in [-0.39, 0.29) is 0 Å². The van der Waals surface area contributed by atoms with Gasteiger partial charge in [0.05, 0.1) is 23.0 Å². The SMILES string of the molecule is N#Cc1ccccc1-c1cc(-c2cc(-c3cccc4ccccc34)cc(-c3cccc4c3oc3ccccc34)c2)nc(-c2ccccc2)n1. The van der Waals surface area contributed by atoms with Crippen LogP contribution in [0.25, 0.3) is 88.9 Å². The van der Waals surface area contributed by atoms with E-state index in [9.17, 15) is 5.26 Å². The molecule has 9 rings (SSSR count). The predicted molar refractivity (Wildman–Crippen MR) is 199 cm³/mol. The number of nitrogens with zero attached hydrogens (tertiary/aromatic N) is 3. The van der Waals surface area contributed by atoms with Crippen LogP contribution in [0.3, 0.4) is 0 Å². The van der Waals surface area contributed by atoms with Gasteiger partial charge in [-0.3, -0.25) is 0 Å². The molecule has 0 unspecified atom stereocenters. The van der Waals surface area contributed by atoms with Gasteiger partial charge in [0.15, 0.2) is 5.82 Å². The Hall–Kier alpha value is -6.83. The van der Waals surface area contributed by atoms with Crippen molar-refractivity contribution in [3.8, 4) is 62.2 Å². The van der Waals surface area contributed by atoms with Gasteiger partial charge in [-0.15, -0.1) is 0 Å². The third-order valence-corrected chi connectivity index (χ3v) is 9.13. The number of aromatic nitrogens is 2. The highest BCUT2D eigenvalue weighted by Gasteiger charge is 2.18. The summed E-state index contributed by atoms with van der Waals surface area (Å²) in [5.41, 5.74) is 10.5. The van der Waals surface area contributed by atoms with E-state index in [1.165, 1.54) is 10.8 Å². The maximum Gasteiger partial charge on any atom is 0.160 e. The van der Waals surface area contributed by atoms with Crippen LogP contribution in [0.4, 0.5) is 0 Å². The van der Waals surface area contributed by atoms with Gasteiger partial charge in [0.2, 0.25) is 0 Å². The Morgan fingerprint density at radius 1 is 0.449 bits per heavy atom. The number of nitriles is 1. The van der Waals surface area contributed by atoms with Gasteiger partial charge < -0.3 is 4.42 Å². The molecule has 9 aromatic rings. The average molecular weight is 626 g/mol. The van der Waals surface area contributed by atoms with Crippen molar-refractivity contribution in [1.82, 2.24) is 9.97 Å². The smallest absolute Gasteiger partial charge is 0.160 e. The lowest BCUT2D eigenvalue weighted by molar-refractivity contribution is 0.670. The molecule has 0 amide bonds. The minimum Gasteiger partial charge on any atom is -0.455 e. The molecule has 0 aliphatic rings. The minimum atomic E-state index is 0.563. The van der Waals surface area contributed by atoms with Crippen LogP contribution < -0.4 is 0 Å². The molecule has 0 atom stereocenters. The summed E-state index contributed by atoms with van der Waals surface area (Å²) < 4.78 is 6.52. The normalized spacial score (nSPS) is 11.2. The van der Waals surface area contributed by atoms with Gasteiger partial charge in [-0.1, -0.05) is 127 Å². The van der Waals surface area contributed by atoms with E-state index in [0.717, 1.165) is 66.6 Å². The molecule has 0 saturated heterocycles. The van der Waals surface area contributed by atoms with Gasteiger partial charge in [0.1, 0.15) is 11.2 Å². The van der Waals surface area contributed by atoms with Crippen LogP contribution in [0.1, 0.15) is 5.56 Å². The molecule has 228 valence electrons. The molecule has 4 heteroatoms. The van der Waals surface area contributed by atoms with E-state index < -0.39 is 0 Å². The van der Waals surface area contributed by atoms with Gasteiger partial charge in [-0.05, 0) is 63.9 Å². The molecule has 0 fully saturated rings. The third-order valence-electron chi connectivity index (χ3n) is 9.13. The molecule has 2 heterocycles. The molecule has 7 aromatic carbocycles. The molecule has 0 bridgehead atoms. The molecule has 0 N–H and O–H groups in total. The second-order valence-corrected chi connectivity index (χ2v) is 12.1. The largest absolute Gasteiger partial charge is 0.455 e. The van der Waals surface area contributed by atoms with E-state index in [1.807, 2.05) is 78.9 Å². The summed E-state index contributed by atoms with van der Waals surface area (Å²) in [5, 5.41) is 14.5. The van der Waals surface area contributed by atoms with Crippen molar-refractivity contribution in [2.45, 2.75) is 0 Å². The Bertz CT molecular complexity index is 2730. The van der Waals surface area contributed by atoms with Crippen molar-refractivity contribution in [3.05, 3.63) is 169 Å². The zero-order valence-corrected chi connectivity index (χ0v) is 26.3. The van der Waals surface area contributed by atoms with Gasteiger partial charge in [0.25, 0.3) is 0 Å². The summed E-state index contributed by atoms with van der Waals surface area (Å²) >= 11 is 0. The Morgan fingerprint density at radius 3 is 1.94 bits per heavy atom. The molecule has 0 radical (unpaired) electrons. The number of rotatable bonds is 5. The van der Waals surface area contributed by atoms with Crippen molar-refractivity contribution in [2.24, 2.45) is 0 Å². The number of hydrogen-bond donors (Lipinski definition) is 0. The first kappa shape index (κ1) is 28.4. The second kappa shape index (κ2) is 11.8. The van der Waals surface area contributed by atoms with Crippen LogP contribution in [0.5, 0.6) is 0 Å². The fourth-order valence-electron chi connectivity index (χ4n) is 6.79. The Morgan fingerprint density at radius 2 is 1.06 bits per heavy atom. The number of fused-ring (bicyclic) bond motifs is 4. The molecule has 0 saturated carbocycles. The maximum absolute atomic E-state index is 10.0. The molecule has 49 heavy (non-hydrogen) atoms. The number of furan rings is 1. The van der Waals surface area contributed by atoms with Crippen molar-refractivity contribution in [2.75, 3.05) is 0 Å². The van der Waals surface area contributed by atoms with E-state index >= 15 is 0 Å². The summed E-state index contributed by atoms with van der Waals surface area (Å²) in [4.78, 5) is 10.2. The van der Waals surface area contributed by atoms with E-state index in [2.05, 4.69) is 91.0 Å². The fourth-order valence-corrected chi connectivity index (χ4v) is 6.79. The monoisotopic (exact) mass is 625 g/mol. The summed E-state index contributed by atoms with van der Waals surface area (Å²) in [7, 11) is 0. The lowest BCUT2D eigenvalue weighted by Crippen LogP contribution is -1.97. The van der Waals surface area contributed by atoms with Gasteiger partial charge >= 0.3 is 0 Å². The van der Waals surface area contributed by atoms with E-state index in [4.69, 9.17) is 14.4 Å². The Kier molecular flexibility index (Phi) is 6.81. The van der Waals surface area contributed by atoms with Crippen LogP contribution in [0.2, 0.25) is 0 Å². The van der Waals surface area contributed by atoms with E-state index in [1.54, 1.807) is 0 Å². The second-order valence-electron chi connectivity index (χ2n) is 12.1. The summed E-state index contributed by atoms with van der Waals surface area (Å²) in [5.74, 6) is 0.595. The first-order valence-corrected chi connectivity index (χ1v) is 16.2. The molecule has 4 nitrogen and oxygen atoms in total. The fraction of sp³-hybridized carbons (Fsp3) is 0. The summed E-state index contributed by atoms with van der Waals surface area (Å²) in [6.45, 7) is 0. The van der Waals surface area contributed by atoms with Gasteiger partial charge in [0, 0.05) is 33.0 Å². The molecular formula is C45H27N3O. The third kappa shape index (κ3) is 5.02. The van der Waals surface area contributed by atoms with Crippen LogP contribution >= 0.6 is 0 Å². The minimum absolute atomic E-state index is 0.563. The average Bonchev–Trinajstić information content (AvgIpc) is 3.56. The topological polar surface area (TPSA) is 62.7 Å².